The maximum Gasteiger partial charge on any atom is 0.261 e. The Hall–Kier alpha value is -2.00. The van der Waals surface area contributed by atoms with Gasteiger partial charge in [-0.2, -0.15) is 0 Å². The summed E-state index contributed by atoms with van der Waals surface area (Å²) in [7, 11) is 0. The summed E-state index contributed by atoms with van der Waals surface area (Å²) in [5.74, 6) is 0.103. The van der Waals surface area contributed by atoms with Crippen LogP contribution in [0.2, 0.25) is 5.02 Å². The van der Waals surface area contributed by atoms with E-state index in [4.69, 9.17) is 22.1 Å². The molecule has 0 saturated carbocycles. The predicted molar refractivity (Wildman–Crippen MR) is 80.8 cm³/mol. The number of amides is 1. The van der Waals surface area contributed by atoms with Crippen molar-refractivity contribution in [2.24, 2.45) is 5.73 Å². The molecule has 2 N–H and O–H groups in total. The SMILES string of the molecule is CC(C)(Oc1ccc(-c2ccc(Cl)cc2)cc1)C(N)=O. The molecule has 2 aromatic rings. The largest absolute Gasteiger partial charge is 0.478 e. The first-order valence-corrected chi connectivity index (χ1v) is 6.61. The van der Waals surface area contributed by atoms with Crippen molar-refractivity contribution in [2.45, 2.75) is 19.4 Å². The minimum absolute atomic E-state index is 0.501. The fourth-order valence-electron chi connectivity index (χ4n) is 1.70. The number of halogens is 1. The van der Waals surface area contributed by atoms with E-state index >= 15 is 0 Å². The molecule has 0 spiro atoms. The third-order valence-electron chi connectivity index (χ3n) is 3.00. The first kappa shape index (κ1) is 14.4. The van der Waals surface area contributed by atoms with Crippen LogP contribution in [0, 0.1) is 0 Å². The molecule has 104 valence electrons. The monoisotopic (exact) mass is 289 g/mol. The van der Waals surface area contributed by atoms with E-state index in [2.05, 4.69) is 0 Å². The zero-order valence-corrected chi connectivity index (χ0v) is 12.1. The summed E-state index contributed by atoms with van der Waals surface area (Å²) in [6.45, 7) is 3.28. The zero-order valence-electron chi connectivity index (χ0n) is 11.4. The molecule has 2 rings (SSSR count). The highest BCUT2D eigenvalue weighted by atomic mass is 35.5. The fraction of sp³-hybridized carbons (Fsp3) is 0.188. The van der Waals surface area contributed by atoms with Crippen LogP contribution in [0.25, 0.3) is 11.1 Å². The highest BCUT2D eigenvalue weighted by Crippen LogP contribution is 2.25. The Balaban J connectivity index is 2.18. The van der Waals surface area contributed by atoms with Gasteiger partial charge in [-0.05, 0) is 49.2 Å². The molecule has 0 aliphatic rings. The summed E-state index contributed by atoms with van der Waals surface area (Å²) in [6.07, 6.45) is 0. The van der Waals surface area contributed by atoms with Crippen molar-refractivity contribution >= 4 is 17.5 Å². The standard InChI is InChI=1S/C16H16ClNO2/c1-16(2,15(18)19)20-14-9-5-12(6-10-14)11-3-7-13(17)8-4-11/h3-10H,1-2H3,(H2,18,19). The van der Waals surface area contributed by atoms with E-state index in [1.807, 2.05) is 48.5 Å². The Morgan fingerprint density at radius 1 is 1.00 bits per heavy atom. The van der Waals surface area contributed by atoms with Gasteiger partial charge in [0.15, 0.2) is 5.60 Å². The van der Waals surface area contributed by atoms with Gasteiger partial charge in [0.25, 0.3) is 5.91 Å². The van der Waals surface area contributed by atoms with Crippen LogP contribution in [0.3, 0.4) is 0 Å². The molecular weight excluding hydrogens is 274 g/mol. The number of hydrogen-bond acceptors (Lipinski definition) is 2. The Kier molecular flexibility index (Phi) is 4.00. The maximum atomic E-state index is 11.2. The first-order chi connectivity index (χ1) is 9.38. The lowest BCUT2D eigenvalue weighted by Gasteiger charge is -2.22. The highest BCUT2D eigenvalue weighted by Gasteiger charge is 2.26. The molecule has 0 aliphatic carbocycles. The maximum absolute atomic E-state index is 11.2. The molecular formula is C16H16ClNO2. The van der Waals surface area contributed by atoms with E-state index in [0.717, 1.165) is 11.1 Å². The highest BCUT2D eigenvalue weighted by molar-refractivity contribution is 6.30. The van der Waals surface area contributed by atoms with Crippen molar-refractivity contribution in [3.8, 4) is 16.9 Å². The number of primary amides is 1. The molecule has 20 heavy (non-hydrogen) atoms. The van der Waals surface area contributed by atoms with E-state index in [9.17, 15) is 4.79 Å². The molecule has 0 aliphatic heterocycles. The average Bonchev–Trinajstić information content (AvgIpc) is 2.40. The van der Waals surface area contributed by atoms with Crippen molar-refractivity contribution in [3.63, 3.8) is 0 Å². The Morgan fingerprint density at radius 3 is 1.90 bits per heavy atom. The molecule has 0 aromatic heterocycles. The van der Waals surface area contributed by atoms with Crippen LogP contribution in [0.5, 0.6) is 5.75 Å². The van der Waals surface area contributed by atoms with E-state index in [0.29, 0.717) is 10.8 Å². The van der Waals surface area contributed by atoms with E-state index in [1.165, 1.54) is 0 Å². The second-order valence-corrected chi connectivity index (χ2v) is 5.44. The molecule has 1 amide bonds. The van der Waals surface area contributed by atoms with Crippen LogP contribution in [0.1, 0.15) is 13.8 Å². The second kappa shape index (κ2) is 5.55. The molecule has 0 atom stereocenters. The van der Waals surface area contributed by atoms with Gasteiger partial charge in [-0.25, -0.2) is 0 Å². The van der Waals surface area contributed by atoms with Crippen molar-refractivity contribution in [2.75, 3.05) is 0 Å². The van der Waals surface area contributed by atoms with Crippen molar-refractivity contribution in [3.05, 3.63) is 53.6 Å². The third-order valence-corrected chi connectivity index (χ3v) is 3.25. The molecule has 0 radical (unpaired) electrons. The van der Waals surface area contributed by atoms with Crippen molar-refractivity contribution in [1.29, 1.82) is 0 Å². The van der Waals surface area contributed by atoms with Gasteiger partial charge >= 0.3 is 0 Å². The lowest BCUT2D eigenvalue weighted by Crippen LogP contribution is -2.43. The lowest BCUT2D eigenvalue weighted by molar-refractivity contribution is -0.130. The first-order valence-electron chi connectivity index (χ1n) is 6.23. The lowest BCUT2D eigenvalue weighted by atomic mass is 10.1. The zero-order chi connectivity index (χ0) is 14.8. The Bertz CT molecular complexity index is 603. The topological polar surface area (TPSA) is 52.3 Å². The van der Waals surface area contributed by atoms with Crippen LogP contribution in [0.15, 0.2) is 48.5 Å². The molecule has 0 saturated heterocycles. The molecule has 0 heterocycles. The van der Waals surface area contributed by atoms with Gasteiger partial charge in [-0.3, -0.25) is 4.79 Å². The van der Waals surface area contributed by atoms with Gasteiger partial charge in [0, 0.05) is 5.02 Å². The smallest absolute Gasteiger partial charge is 0.261 e. The van der Waals surface area contributed by atoms with Gasteiger partial charge in [-0.15, -0.1) is 0 Å². The average molecular weight is 290 g/mol. The Labute approximate surface area is 123 Å². The minimum Gasteiger partial charge on any atom is -0.478 e. The van der Waals surface area contributed by atoms with Gasteiger partial charge in [0.1, 0.15) is 5.75 Å². The fourth-order valence-corrected chi connectivity index (χ4v) is 1.83. The predicted octanol–water partition coefficient (Wildman–Crippen LogP) is 3.65. The summed E-state index contributed by atoms with van der Waals surface area (Å²) >= 11 is 5.86. The summed E-state index contributed by atoms with van der Waals surface area (Å²) in [5.41, 5.74) is 6.36. The molecule has 0 unspecified atom stereocenters. The van der Waals surface area contributed by atoms with Crippen LogP contribution in [-0.2, 0) is 4.79 Å². The second-order valence-electron chi connectivity index (χ2n) is 5.01. The minimum atomic E-state index is -1.03. The van der Waals surface area contributed by atoms with E-state index < -0.39 is 11.5 Å². The van der Waals surface area contributed by atoms with Crippen LogP contribution in [0.4, 0.5) is 0 Å². The molecule has 2 aromatic carbocycles. The van der Waals surface area contributed by atoms with Crippen LogP contribution < -0.4 is 10.5 Å². The number of ether oxygens (including phenoxy) is 1. The molecule has 4 heteroatoms. The molecule has 3 nitrogen and oxygen atoms in total. The van der Waals surface area contributed by atoms with Gasteiger partial charge in [0.05, 0.1) is 0 Å². The summed E-state index contributed by atoms with van der Waals surface area (Å²) in [5, 5.41) is 0.705. The number of carbonyl (C=O) groups excluding carboxylic acids is 1. The molecule has 0 bridgehead atoms. The van der Waals surface area contributed by atoms with Gasteiger partial charge in [-0.1, -0.05) is 35.9 Å². The van der Waals surface area contributed by atoms with Crippen molar-refractivity contribution in [1.82, 2.24) is 0 Å². The van der Waals surface area contributed by atoms with Gasteiger partial charge < -0.3 is 10.5 Å². The van der Waals surface area contributed by atoms with Crippen molar-refractivity contribution < 1.29 is 9.53 Å². The summed E-state index contributed by atoms with van der Waals surface area (Å²) in [4.78, 5) is 11.2. The third kappa shape index (κ3) is 3.31. The number of nitrogens with two attached hydrogens (primary N) is 1. The summed E-state index contributed by atoms with van der Waals surface area (Å²) in [6, 6.07) is 15.1. The van der Waals surface area contributed by atoms with Crippen LogP contribution >= 0.6 is 11.6 Å². The number of carbonyl (C=O) groups is 1. The quantitative estimate of drug-likeness (QED) is 0.934. The number of hydrogen-bond donors (Lipinski definition) is 1. The van der Waals surface area contributed by atoms with E-state index in [-0.39, 0.29) is 0 Å². The van der Waals surface area contributed by atoms with Gasteiger partial charge in [0.2, 0.25) is 0 Å². The normalized spacial score (nSPS) is 11.2. The van der Waals surface area contributed by atoms with Crippen LogP contribution in [-0.4, -0.2) is 11.5 Å². The van der Waals surface area contributed by atoms with E-state index in [1.54, 1.807) is 13.8 Å². The summed E-state index contributed by atoms with van der Waals surface area (Å²) < 4.78 is 5.58. The molecule has 0 fully saturated rings. The number of benzene rings is 2. The number of rotatable bonds is 4. The Morgan fingerprint density at radius 2 is 1.45 bits per heavy atom.